The van der Waals surface area contributed by atoms with Gasteiger partial charge in [0.05, 0.1) is 6.26 Å². The first kappa shape index (κ1) is 8.30. The Balaban J connectivity index is 2.60. The number of rotatable bonds is 3. The minimum Gasteiger partial charge on any atom is -0.466 e. The Morgan fingerprint density at radius 2 is 2.45 bits per heavy atom. The van der Waals surface area contributed by atoms with E-state index in [0.29, 0.717) is 18.7 Å². The van der Waals surface area contributed by atoms with Crippen molar-refractivity contribution in [1.82, 2.24) is 0 Å². The summed E-state index contributed by atoms with van der Waals surface area (Å²) in [5, 5.41) is 9.36. The summed E-state index contributed by atoms with van der Waals surface area (Å²) in [6, 6.07) is 1.82. The molecule has 0 fully saturated rings. The number of aryl methyl sites for hydroxylation is 1. The van der Waals surface area contributed by atoms with Crippen molar-refractivity contribution in [1.29, 1.82) is 0 Å². The van der Waals surface area contributed by atoms with Gasteiger partial charge in [0.25, 0.3) is 0 Å². The Hall–Kier alpha value is -0.800. The first-order valence-corrected chi connectivity index (χ1v) is 3.67. The molecule has 11 heavy (non-hydrogen) atoms. The van der Waals surface area contributed by atoms with Gasteiger partial charge in [0.1, 0.15) is 11.9 Å². The molecule has 0 aliphatic rings. The monoisotopic (exact) mass is 155 g/mol. The van der Waals surface area contributed by atoms with E-state index in [-0.39, 0.29) is 0 Å². The minimum absolute atomic E-state index is 0.473. The van der Waals surface area contributed by atoms with Crippen LogP contribution >= 0.6 is 0 Å². The Morgan fingerprint density at radius 1 is 1.73 bits per heavy atom. The van der Waals surface area contributed by atoms with Crippen LogP contribution in [-0.2, 0) is 0 Å². The molecule has 0 aliphatic carbocycles. The third-order valence-electron chi connectivity index (χ3n) is 1.52. The van der Waals surface area contributed by atoms with Crippen molar-refractivity contribution >= 4 is 0 Å². The lowest BCUT2D eigenvalue weighted by Gasteiger charge is -2.03. The molecule has 0 radical (unpaired) electrons. The summed E-state index contributed by atoms with van der Waals surface area (Å²) in [5.74, 6) is 0.605. The fourth-order valence-electron chi connectivity index (χ4n) is 0.928. The fourth-order valence-corrected chi connectivity index (χ4v) is 0.928. The predicted molar refractivity (Wildman–Crippen MR) is 42.1 cm³/mol. The largest absolute Gasteiger partial charge is 0.466 e. The average Bonchev–Trinajstić information content (AvgIpc) is 2.36. The molecule has 0 saturated carbocycles. The topological polar surface area (TPSA) is 59.4 Å². The molecule has 0 saturated heterocycles. The van der Waals surface area contributed by atoms with E-state index in [0.717, 1.165) is 5.56 Å². The zero-order chi connectivity index (χ0) is 8.27. The molecule has 1 rings (SSSR count). The lowest BCUT2D eigenvalue weighted by atomic mass is 10.2. The second-order valence-corrected chi connectivity index (χ2v) is 2.62. The van der Waals surface area contributed by atoms with Gasteiger partial charge in [-0.15, -0.1) is 0 Å². The van der Waals surface area contributed by atoms with Crippen LogP contribution in [0.3, 0.4) is 0 Å². The van der Waals surface area contributed by atoms with E-state index in [1.807, 2.05) is 13.0 Å². The van der Waals surface area contributed by atoms with Crippen LogP contribution in [0.25, 0.3) is 0 Å². The van der Waals surface area contributed by atoms with Gasteiger partial charge in [-0.1, -0.05) is 0 Å². The normalized spacial score (nSPS) is 13.4. The van der Waals surface area contributed by atoms with Crippen LogP contribution in [0.15, 0.2) is 16.7 Å². The highest BCUT2D eigenvalue weighted by Crippen LogP contribution is 2.17. The van der Waals surface area contributed by atoms with Gasteiger partial charge in [-0.25, -0.2) is 0 Å². The number of hydrogen-bond acceptors (Lipinski definition) is 3. The summed E-state index contributed by atoms with van der Waals surface area (Å²) < 4.78 is 5.07. The van der Waals surface area contributed by atoms with E-state index in [1.165, 1.54) is 0 Å². The molecule has 0 aromatic carbocycles. The third kappa shape index (κ3) is 2.06. The van der Waals surface area contributed by atoms with Gasteiger partial charge >= 0.3 is 0 Å². The average molecular weight is 155 g/mol. The van der Waals surface area contributed by atoms with Crippen LogP contribution in [0, 0.1) is 6.92 Å². The van der Waals surface area contributed by atoms with Gasteiger partial charge < -0.3 is 15.3 Å². The molecule has 1 unspecified atom stereocenters. The molecule has 3 N–H and O–H groups in total. The van der Waals surface area contributed by atoms with Crippen molar-refractivity contribution < 1.29 is 9.52 Å². The Kier molecular flexibility index (Phi) is 2.68. The summed E-state index contributed by atoms with van der Waals surface area (Å²) in [4.78, 5) is 0. The zero-order valence-corrected chi connectivity index (χ0v) is 6.58. The summed E-state index contributed by atoms with van der Waals surface area (Å²) in [5.41, 5.74) is 6.30. The fraction of sp³-hybridized carbons (Fsp3) is 0.500. The Labute approximate surface area is 65.8 Å². The SMILES string of the molecule is Cc1coc(C(O)CCN)c1. The molecular weight excluding hydrogens is 142 g/mol. The van der Waals surface area contributed by atoms with Gasteiger partial charge in [0, 0.05) is 0 Å². The van der Waals surface area contributed by atoms with Crippen LogP contribution < -0.4 is 5.73 Å². The van der Waals surface area contributed by atoms with Crippen LogP contribution in [0.5, 0.6) is 0 Å². The number of aliphatic hydroxyl groups is 1. The number of aliphatic hydroxyl groups excluding tert-OH is 1. The third-order valence-corrected chi connectivity index (χ3v) is 1.52. The lowest BCUT2D eigenvalue weighted by molar-refractivity contribution is 0.143. The van der Waals surface area contributed by atoms with Gasteiger partial charge in [0.15, 0.2) is 0 Å². The molecule has 3 heteroatoms. The quantitative estimate of drug-likeness (QED) is 0.683. The highest BCUT2D eigenvalue weighted by Gasteiger charge is 2.09. The first-order chi connectivity index (χ1) is 5.24. The molecule has 0 bridgehead atoms. The maximum Gasteiger partial charge on any atom is 0.132 e. The summed E-state index contributed by atoms with van der Waals surface area (Å²) >= 11 is 0. The molecule has 0 amide bonds. The van der Waals surface area contributed by atoms with Crippen LogP contribution in [0.4, 0.5) is 0 Å². The first-order valence-electron chi connectivity index (χ1n) is 3.67. The zero-order valence-electron chi connectivity index (χ0n) is 6.58. The Bertz CT molecular complexity index is 220. The summed E-state index contributed by atoms with van der Waals surface area (Å²) in [7, 11) is 0. The van der Waals surface area contributed by atoms with Crippen LogP contribution in [0.1, 0.15) is 23.8 Å². The number of furan rings is 1. The number of nitrogens with two attached hydrogens (primary N) is 1. The summed E-state index contributed by atoms with van der Waals surface area (Å²) in [6.45, 7) is 2.39. The van der Waals surface area contributed by atoms with E-state index < -0.39 is 6.10 Å². The van der Waals surface area contributed by atoms with E-state index in [4.69, 9.17) is 10.2 Å². The van der Waals surface area contributed by atoms with Gasteiger partial charge in [-0.3, -0.25) is 0 Å². The molecule has 0 aliphatic heterocycles. The highest BCUT2D eigenvalue weighted by molar-refractivity contribution is 5.12. The molecule has 1 aromatic heterocycles. The maximum absolute atomic E-state index is 9.36. The molecular formula is C8H13NO2. The molecule has 1 heterocycles. The summed E-state index contributed by atoms with van der Waals surface area (Å²) in [6.07, 6.45) is 1.62. The molecule has 1 atom stereocenters. The minimum atomic E-state index is -0.548. The van der Waals surface area contributed by atoms with E-state index >= 15 is 0 Å². The predicted octanol–water partition coefficient (Wildman–Crippen LogP) is 0.970. The second kappa shape index (κ2) is 3.55. The highest BCUT2D eigenvalue weighted by atomic mass is 16.4. The van der Waals surface area contributed by atoms with Crippen LogP contribution in [-0.4, -0.2) is 11.7 Å². The van der Waals surface area contributed by atoms with Crippen molar-refractivity contribution in [3.05, 3.63) is 23.7 Å². The van der Waals surface area contributed by atoms with Gasteiger partial charge in [-0.2, -0.15) is 0 Å². The standard InChI is InChI=1S/C8H13NO2/c1-6-4-8(11-5-6)7(10)2-3-9/h4-5,7,10H,2-3,9H2,1H3. The number of hydrogen-bond donors (Lipinski definition) is 2. The lowest BCUT2D eigenvalue weighted by Crippen LogP contribution is -2.05. The van der Waals surface area contributed by atoms with Crippen molar-refractivity contribution in [2.24, 2.45) is 5.73 Å². The molecule has 3 nitrogen and oxygen atoms in total. The van der Waals surface area contributed by atoms with Gasteiger partial charge in [0.2, 0.25) is 0 Å². The van der Waals surface area contributed by atoms with Crippen molar-refractivity contribution in [2.75, 3.05) is 6.54 Å². The van der Waals surface area contributed by atoms with Gasteiger partial charge in [-0.05, 0) is 31.5 Å². The van der Waals surface area contributed by atoms with Crippen LogP contribution in [0.2, 0.25) is 0 Å². The maximum atomic E-state index is 9.36. The van der Waals surface area contributed by atoms with E-state index in [2.05, 4.69) is 0 Å². The van der Waals surface area contributed by atoms with Crippen molar-refractivity contribution in [2.45, 2.75) is 19.4 Å². The second-order valence-electron chi connectivity index (χ2n) is 2.62. The van der Waals surface area contributed by atoms with Crippen molar-refractivity contribution in [3.8, 4) is 0 Å². The molecule has 0 spiro atoms. The molecule has 1 aromatic rings. The van der Waals surface area contributed by atoms with Crippen molar-refractivity contribution in [3.63, 3.8) is 0 Å². The van der Waals surface area contributed by atoms with E-state index in [9.17, 15) is 5.11 Å². The smallest absolute Gasteiger partial charge is 0.132 e. The molecule has 62 valence electrons. The Morgan fingerprint density at radius 3 is 2.91 bits per heavy atom. The van der Waals surface area contributed by atoms with E-state index in [1.54, 1.807) is 6.26 Å².